The number of carbonyl (C=O) groups excluding carboxylic acids is 2. The van der Waals surface area contributed by atoms with Gasteiger partial charge in [-0.25, -0.2) is 0 Å². The van der Waals surface area contributed by atoms with Gasteiger partial charge in [-0.2, -0.15) is 0 Å². The quantitative estimate of drug-likeness (QED) is 0.217. The van der Waals surface area contributed by atoms with E-state index >= 15 is 0 Å². The molecule has 1 aromatic heterocycles. The molecule has 0 bridgehead atoms. The highest BCUT2D eigenvalue weighted by atomic mass is 16.7. The van der Waals surface area contributed by atoms with Crippen LogP contribution in [-0.4, -0.2) is 28.5 Å². The zero-order valence-electron chi connectivity index (χ0n) is 16.3. The summed E-state index contributed by atoms with van der Waals surface area (Å²) in [6.07, 6.45) is 1.38. The number of hydrogen-bond acceptors (Lipinski definition) is 8. The molecule has 3 aromatic rings. The van der Waals surface area contributed by atoms with Gasteiger partial charge in [-0.05, 0) is 24.3 Å². The van der Waals surface area contributed by atoms with Gasteiger partial charge >= 0.3 is 0 Å². The highest BCUT2D eigenvalue weighted by Gasteiger charge is 2.48. The molecule has 1 fully saturated rings. The van der Waals surface area contributed by atoms with E-state index in [0.717, 1.165) is 6.07 Å². The van der Waals surface area contributed by atoms with Gasteiger partial charge < -0.3 is 19.0 Å². The fourth-order valence-corrected chi connectivity index (χ4v) is 3.77. The molecule has 0 radical (unpaired) electrons. The number of Topliss-reactive ketones (excluding diaryl/α,β-unsaturated/α-hetero) is 1. The van der Waals surface area contributed by atoms with Crippen molar-refractivity contribution in [3.8, 4) is 11.5 Å². The zero-order valence-corrected chi connectivity index (χ0v) is 16.3. The van der Waals surface area contributed by atoms with E-state index in [4.69, 9.17) is 13.9 Å². The molecule has 32 heavy (non-hydrogen) atoms. The summed E-state index contributed by atoms with van der Waals surface area (Å²) in [6.45, 7) is 0.0337. The SMILES string of the molecule is O=C1C(=O)N(c2ccc3c(c2)OCO3)C(c2ccco2)/C1=C(/O)c1cccc([N+](=O)[O-])c1. The van der Waals surface area contributed by atoms with Gasteiger partial charge in [0, 0.05) is 29.4 Å². The second-order valence-corrected chi connectivity index (χ2v) is 7.03. The van der Waals surface area contributed by atoms with E-state index in [-0.39, 0.29) is 29.4 Å². The van der Waals surface area contributed by atoms with Gasteiger partial charge in [0.2, 0.25) is 6.79 Å². The summed E-state index contributed by atoms with van der Waals surface area (Å²) in [5.74, 6) is -1.26. The Bertz CT molecular complexity index is 1300. The predicted molar refractivity (Wildman–Crippen MR) is 109 cm³/mol. The van der Waals surface area contributed by atoms with Crippen LogP contribution in [0.5, 0.6) is 11.5 Å². The van der Waals surface area contributed by atoms with Crippen molar-refractivity contribution in [2.75, 3.05) is 11.7 Å². The van der Waals surface area contributed by atoms with Gasteiger partial charge in [0.05, 0.1) is 16.8 Å². The van der Waals surface area contributed by atoms with Crippen LogP contribution in [0.15, 0.2) is 70.9 Å². The van der Waals surface area contributed by atoms with Gasteiger partial charge in [0.1, 0.15) is 17.6 Å². The Kier molecular flexibility index (Phi) is 4.40. The maximum Gasteiger partial charge on any atom is 0.300 e. The number of hydrogen-bond donors (Lipinski definition) is 1. The first-order valence-electron chi connectivity index (χ1n) is 9.44. The summed E-state index contributed by atoms with van der Waals surface area (Å²) in [4.78, 5) is 37.8. The number of carbonyl (C=O) groups is 2. The number of ether oxygens (including phenoxy) is 2. The van der Waals surface area contributed by atoms with Crippen LogP contribution in [0.4, 0.5) is 11.4 Å². The third-order valence-electron chi connectivity index (χ3n) is 5.22. The predicted octanol–water partition coefficient (Wildman–Crippen LogP) is 3.54. The summed E-state index contributed by atoms with van der Waals surface area (Å²) in [7, 11) is 0. The average Bonchev–Trinajstić information content (AvgIpc) is 3.53. The van der Waals surface area contributed by atoms with Gasteiger partial charge in [0.15, 0.2) is 11.5 Å². The molecule has 5 rings (SSSR count). The molecule has 0 saturated carbocycles. The van der Waals surface area contributed by atoms with Crippen molar-refractivity contribution in [2.45, 2.75) is 6.04 Å². The van der Waals surface area contributed by atoms with Crippen molar-refractivity contribution < 1.29 is 33.5 Å². The molecular formula is C22H14N2O8. The lowest BCUT2D eigenvalue weighted by atomic mass is 9.99. The number of rotatable bonds is 4. The highest BCUT2D eigenvalue weighted by Crippen LogP contribution is 2.45. The number of anilines is 1. The lowest BCUT2D eigenvalue weighted by molar-refractivity contribution is -0.384. The molecule has 2 aromatic carbocycles. The molecule has 10 nitrogen and oxygen atoms in total. The topological polar surface area (TPSA) is 132 Å². The summed E-state index contributed by atoms with van der Waals surface area (Å²) in [6, 6.07) is 12.0. The van der Waals surface area contributed by atoms with E-state index in [9.17, 15) is 24.8 Å². The minimum absolute atomic E-state index is 0.0273. The van der Waals surface area contributed by atoms with Crippen molar-refractivity contribution in [3.05, 3.63) is 87.9 Å². The summed E-state index contributed by atoms with van der Waals surface area (Å²) in [5, 5.41) is 22.1. The Balaban J connectivity index is 1.68. The van der Waals surface area contributed by atoms with Gasteiger partial charge in [-0.1, -0.05) is 12.1 Å². The summed E-state index contributed by atoms with van der Waals surface area (Å²) < 4.78 is 16.1. The molecule has 2 aliphatic heterocycles. The third-order valence-corrected chi connectivity index (χ3v) is 5.22. The number of aliphatic hydroxyl groups is 1. The maximum atomic E-state index is 13.0. The summed E-state index contributed by atoms with van der Waals surface area (Å²) in [5.41, 5.74) is -0.160. The largest absolute Gasteiger partial charge is 0.507 e. The second-order valence-electron chi connectivity index (χ2n) is 7.03. The molecule has 2 aliphatic rings. The number of amides is 1. The number of nitrogens with zero attached hydrogens (tertiary/aromatic N) is 2. The Morgan fingerprint density at radius 2 is 1.88 bits per heavy atom. The highest BCUT2D eigenvalue weighted by molar-refractivity contribution is 6.51. The molecule has 1 atom stereocenters. The number of ketones is 1. The fraction of sp³-hybridized carbons (Fsp3) is 0.0909. The van der Waals surface area contributed by atoms with Crippen LogP contribution in [-0.2, 0) is 9.59 Å². The molecule has 1 saturated heterocycles. The first-order chi connectivity index (χ1) is 15.5. The number of aliphatic hydroxyl groups excluding tert-OH is 1. The van der Waals surface area contributed by atoms with Crippen molar-refractivity contribution in [2.24, 2.45) is 0 Å². The maximum absolute atomic E-state index is 13.0. The van der Waals surface area contributed by atoms with E-state index in [1.807, 2.05) is 0 Å². The molecule has 3 heterocycles. The van der Waals surface area contributed by atoms with Crippen LogP contribution >= 0.6 is 0 Å². The first kappa shape index (κ1) is 19.4. The lowest BCUT2D eigenvalue weighted by Gasteiger charge is -2.23. The molecule has 1 unspecified atom stereocenters. The molecule has 10 heteroatoms. The number of nitro groups is 1. The number of non-ortho nitro benzene ring substituents is 1. The number of nitro benzene ring substituents is 1. The summed E-state index contributed by atoms with van der Waals surface area (Å²) >= 11 is 0. The molecular weight excluding hydrogens is 420 g/mol. The Morgan fingerprint density at radius 3 is 2.62 bits per heavy atom. The minimum atomic E-state index is -1.09. The average molecular weight is 434 g/mol. The normalized spacial score (nSPS) is 18.9. The monoisotopic (exact) mass is 434 g/mol. The van der Waals surface area contributed by atoms with Gasteiger partial charge in [0.25, 0.3) is 17.4 Å². The zero-order chi connectivity index (χ0) is 22.4. The van der Waals surface area contributed by atoms with Crippen molar-refractivity contribution in [3.63, 3.8) is 0 Å². The van der Waals surface area contributed by atoms with E-state index < -0.39 is 28.4 Å². The minimum Gasteiger partial charge on any atom is -0.507 e. The van der Waals surface area contributed by atoms with E-state index in [1.54, 1.807) is 30.3 Å². The van der Waals surface area contributed by atoms with E-state index in [2.05, 4.69) is 0 Å². The number of benzene rings is 2. The van der Waals surface area contributed by atoms with Crippen LogP contribution in [0.1, 0.15) is 17.4 Å². The standard InChI is InChI=1S/C22H14N2O8/c25-20(12-3-1-4-14(9-12)24(28)29)18-19(16-5-2-8-30-16)23(22(27)21(18)26)13-6-7-15-17(10-13)32-11-31-15/h1-10,19,25H,11H2/b20-18-. The first-order valence-corrected chi connectivity index (χ1v) is 9.44. The Morgan fingerprint density at radius 1 is 1.06 bits per heavy atom. The molecule has 1 amide bonds. The van der Waals surface area contributed by atoms with Crippen molar-refractivity contribution in [1.82, 2.24) is 0 Å². The molecule has 1 N–H and O–H groups in total. The van der Waals surface area contributed by atoms with Crippen molar-refractivity contribution in [1.29, 1.82) is 0 Å². The fourth-order valence-electron chi connectivity index (χ4n) is 3.77. The molecule has 160 valence electrons. The third kappa shape index (κ3) is 2.97. The molecule has 0 aliphatic carbocycles. The van der Waals surface area contributed by atoms with Gasteiger partial charge in [-0.15, -0.1) is 0 Å². The van der Waals surface area contributed by atoms with Crippen LogP contribution in [0.2, 0.25) is 0 Å². The van der Waals surface area contributed by atoms with Crippen molar-refractivity contribution >= 4 is 28.8 Å². The Hall–Kier alpha value is -4.60. The van der Waals surface area contributed by atoms with E-state index in [0.29, 0.717) is 17.2 Å². The smallest absolute Gasteiger partial charge is 0.300 e. The van der Waals surface area contributed by atoms with Crippen LogP contribution in [0.3, 0.4) is 0 Å². The second kappa shape index (κ2) is 7.27. The van der Waals surface area contributed by atoms with Crippen LogP contribution in [0.25, 0.3) is 5.76 Å². The van der Waals surface area contributed by atoms with Crippen LogP contribution < -0.4 is 14.4 Å². The van der Waals surface area contributed by atoms with E-state index in [1.165, 1.54) is 29.4 Å². The lowest BCUT2D eigenvalue weighted by Crippen LogP contribution is -2.29. The van der Waals surface area contributed by atoms with Gasteiger partial charge in [-0.3, -0.25) is 24.6 Å². The van der Waals surface area contributed by atoms with Crippen LogP contribution in [0, 0.1) is 10.1 Å². The number of fused-ring (bicyclic) bond motifs is 1. The molecule has 0 spiro atoms. The Labute approximate surface area is 180 Å². The number of furan rings is 1.